The molecule has 2 heterocycles. The van der Waals surface area contributed by atoms with Gasteiger partial charge in [-0.1, -0.05) is 155 Å². The van der Waals surface area contributed by atoms with Crippen LogP contribution in [0.2, 0.25) is 36.3 Å². The zero-order valence-electron chi connectivity index (χ0n) is 43.3. The molecular weight excluding hydrogens is 955 g/mol. The number of carbonyl (C=O) groups is 2. The number of hydrogen-bond acceptors (Lipinski definition) is 13. The highest BCUT2D eigenvalue weighted by Crippen LogP contribution is 2.44. The number of nitrogens with zero attached hydrogens (tertiary/aromatic N) is 3. The predicted molar refractivity (Wildman–Crippen MR) is 280 cm³/mol. The molecule has 0 amide bonds. The molecule has 2 fully saturated rings. The van der Waals surface area contributed by atoms with Crippen LogP contribution in [0.25, 0.3) is 10.4 Å². The summed E-state index contributed by atoms with van der Waals surface area (Å²) in [6.45, 7) is 24.8. The third-order valence-corrected chi connectivity index (χ3v) is 24.0. The minimum Gasteiger partial charge on any atom is -0.463 e. The van der Waals surface area contributed by atoms with Gasteiger partial charge in [-0.15, -0.1) is 0 Å². The fraction of sp³-hybridized carbons (Fsp3) is 0.519. The van der Waals surface area contributed by atoms with E-state index in [9.17, 15) is 15.1 Å². The zero-order chi connectivity index (χ0) is 51.6. The van der Waals surface area contributed by atoms with E-state index in [1.165, 1.54) is 18.7 Å². The lowest BCUT2D eigenvalue weighted by atomic mass is 9.95. The molecule has 384 valence electrons. The molecule has 4 aromatic carbocycles. The third-order valence-electron chi connectivity index (χ3n) is 13.9. The second-order valence-corrected chi connectivity index (χ2v) is 32.0. The first kappa shape index (κ1) is 55.9. The number of hydrogen-bond donors (Lipinski definition) is 0. The van der Waals surface area contributed by atoms with Crippen LogP contribution >= 0.6 is 11.8 Å². The Bertz CT molecular complexity index is 2370. The second-order valence-electron chi connectivity index (χ2n) is 21.3. The van der Waals surface area contributed by atoms with Gasteiger partial charge in [0.15, 0.2) is 29.0 Å². The van der Waals surface area contributed by atoms with Crippen LogP contribution < -0.4 is 0 Å². The van der Waals surface area contributed by atoms with E-state index in [4.69, 9.17) is 42.0 Å². The van der Waals surface area contributed by atoms with Crippen molar-refractivity contribution in [2.75, 3.05) is 13.2 Å². The minimum absolute atomic E-state index is 0.0670. The maximum absolute atomic E-state index is 14.3. The van der Waals surface area contributed by atoms with E-state index in [0.717, 1.165) is 21.6 Å². The number of rotatable bonds is 20. The van der Waals surface area contributed by atoms with Crippen molar-refractivity contribution in [3.63, 3.8) is 0 Å². The summed E-state index contributed by atoms with van der Waals surface area (Å²) in [5.74, 6) is -1.10. The number of aryl methyl sites for hydroxylation is 1. The van der Waals surface area contributed by atoms with E-state index in [2.05, 4.69) is 77.8 Å². The van der Waals surface area contributed by atoms with Gasteiger partial charge in [0.2, 0.25) is 0 Å². The lowest BCUT2D eigenvalue weighted by molar-refractivity contribution is -0.321. The van der Waals surface area contributed by atoms with Crippen LogP contribution in [0.15, 0.2) is 125 Å². The van der Waals surface area contributed by atoms with Crippen molar-refractivity contribution in [3.05, 3.63) is 148 Å². The molecule has 0 spiro atoms. The maximum atomic E-state index is 14.3. The first-order valence-corrected chi connectivity index (χ1v) is 31.0. The third kappa shape index (κ3) is 15.1. The van der Waals surface area contributed by atoms with Gasteiger partial charge >= 0.3 is 11.9 Å². The van der Waals surface area contributed by atoms with Crippen LogP contribution in [0, 0.1) is 6.92 Å². The van der Waals surface area contributed by atoms with Gasteiger partial charge < -0.3 is 42.0 Å². The Morgan fingerprint density at radius 3 is 1.75 bits per heavy atom. The first-order chi connectivity index (χ1) is 33.6. The topological polar surface area (TPSA) is 166 Å². The molecule has 0 bridgehead atoms. The Morgan fingerprint density at radius 1 is 0.676 bits per heavy atom. The maximum Gasteiger partial charge on any atom is 0.338 e. The molecule has 17 heteroatoms. The highest BCUT2D eigenvalue weighted by Gasteiger charge is 2.56. The summed E-state index contributed by atoms with van der Waals surface area (Å²) in [6, 6.07) is 35.0. The van der Waals surface area contributed by atoms with E-state index in [-0.39, 0.29) is 36.5 Å². The Labute approximate surface area is 426 Å². The van der Waals surface area contributed by atoms with Gasteiger partial charge in [0.05, 0.1) is 31.5 Å². The number of ether oxygens (including phenoxy) is 7. The zero-order valence-corrected chi connectivity index (χ0v) is 46.1. The smallest absolute Gasteiger partial charge is 0.338 e. The molecule has 0 aromatic heterocycles. The Morgan fingerprint density at radius 2 is 1.21 bits per heavy atom. The van der Waals surface area contributed by atoms with Gasteiger partial charge in [-0.05, 0) is 84.1 Å². The van der Waals surface area contributed by atoms with Crippen LogP contribution in [0.3, 0.4) is 0 Å². The van der Waals surface area contributed by atoms with E-state index in [1.807, 2.05) is 97.9 Å². The van der Waals surface area contributed by atoms with Gasteiger partial charge in [-0.3, -0.25) is 4.79 Å². The summed E-state index contributed by atoms with van der Waals surface area (Å²) in [7, 11) is -5.10. The molecule has 2 aliphatic heterocycles. The number of carbonyl (C=O) groups excluding carboxylic acids is 2. The van der Waals surface area contributed by atoms with Gasteiger partial charge in [0.25, 0.3) is 0 Å². The standard InChI is InChI=1S/C54H73N3O11SSi2/c1-36-28-30-41(31-29-36)69-52-49(66-50(59)40-26-20-15-21-27-40)48(62-33-39-24-18-14-19-25-39)45(43(65-52)35-63-70(9,10)53(3,4)5)67-51-44(56-57-55)47(61-32-38-22-16-13-17-23-38)46(42(64-51)34-60-37(2)58)68-71(11,12)54(6,7)8/h13-31,42-49,51-52H,32-35H2,1-12H3/t42-,43+,44-,45-,46-,47-,48+,49-,51-,52+/m1/s1. The van der Waals surface area contributed by atoms with Crippen molar-refractivity contribution in [2.24, 2.45) is 5.11 Å². The van der Waals surface area contributed by atoms with Crippen LogP contribution in [0.1, 0.15) is 75.5 Å². The summed E-state index contributed by atoms with van der Waals surface area (Å²) >= 11 is 1.41. The van der Waals surface area contributed by atoms with Crippen molar-refractivity contribution >= 4 is 40.3 Å². The SMILES string of the molecule is CC(=O)OC[C@H]1O[C@H](O[C@H]2[C@H](OCc3ccccc3)[C@@H](OC(=O)c3ccccc3)[C@H](Sc3ccc(C)cc3)O[C@H]2CO[Si](C)(C)C(C)(C)C)[C@H](N=[N+]=[N-])[C@@H](OCc2ccccc2)[C@@H]1O[Si](C)(C)C(C)(C)C. The molecule has 0 N–H and O–H groups in total. The second kappa shape index (κ2) is 24.6. The van der Waals surface area contributed by atoms with Crippen LogP contribution in [-0.4, -0.2) is 102 Å². The average molecular weight is 1030 g/mol. The van der Waals surface area contributed by atoms with E-state index in [1.54, 1.807) is 24.3 Å². The largest absolute Gasteiger partial charge is 0.463 e. The number of azide groups is 1. The quantitative estimate of drug-likeness (QED) is 0.0271. The lowest BCUT2D eigenvalue weighted by Gasteiger charge is -2.51. The van der Waals surface area contributed by atoms with E-state index in [0.29, 0.717) is 5.56 Å². The number of thioether (sulfide) groups is 1. The summed E-state index contributed by atoms with van der Waals surface area (Å²) in [5, 5.41) is 3.95. The Hall–Kier alpha value is -4.37. The molecular formula is C54H73N3O11SSi2. The molecule has 10 atom stereocenters. The van der Waals surface area contributed by atoms with Crippen LogP contribution in [0.5, 0.6) is 0 Å². The molecule has 71 heavy (non-hydrogen) atoms. The summed E-state index contributed by atoms with van der Waals surface area (Å²) in [4.78, 5) is 31.1. The summed E-state index contributed by atoms with van der Waals surface area (Å²) in [5.41, 5.74) is 12.7. The monoisotopic (exact) mass is 1030 g/mol. The van der Waals surface area contributed by atoms with Crippen LogP contribution in [-0.2, 0) is 60.0 Å². The lowest BCUT2D eigenvalue weighted by Crippen LogP contribution is -2.66. The molecule has 6 rings (SSSR count). The number of esters is 2. The van der Waals surface area contributed by atoms with E-state index >= 15 is 0 Å². The average Bonchev–Trinajstić information content (AvgIpc) is 3.32. The van der Waals surface area contributed by atoms with Crippen molar-refractivity contribution in [1.29, 1.82) is 0 Å². The summed E-state index contributed by atoms with van der Waals surface area (Å²) < 4.78 is 61.7. The minimum atomic E-state index is -2.64. The summed E-state index contributed by atoms with van der Waals surface area (Å²) in [6.07, 6.45) is -8.30. The molecule has 0 radical (unpaired) electrons. The molecule has 14 nitrogen and oxygen atoms in total. The molecule has 2 saturated heterocycles. The first-order valence-electron chi connectivity index (χ1n) is 24.3. The molecule has 2 aliphatic rings. The Balaban J connectivity index is 1.51. The molecule has 4 aromatic rings. The highest BCUT2D eigenvalue weighted by molar-refractivity contribution is 7.99. The fourth-order valence-corrected chi connectivity index (χ4v) is 11.1. The Kier molecular flexibility index (Phi) is 19.4. The molecule has 0 aliphatic carbocycles. The highest BCUT2D eigenvalue weighted by atomic mass is 32.2. The molecule has 0 unspecified atom stereocenters. The van der Waals surface area contributed by atoms with Gasteiger partial charge in [0.1, 0.15) is 48.6 Å². The normalized spacial score (nSPS) is 25.2. The fourth-order valence-electron chi connectivity index (χ4n) is 7.67. The van der Waals surface area contributed by atoms with Gasteiger partial charge in [-0.2, -0.15) is 0 Å². The van der Waals surface area contributed by atoms with Crippen molar-refractivity contribution in [3.8, 4) is 0 Å². The van der Waals surface area contributed by atoms with Crippen molar-refractivity contribution in [1.82, 2.24) is 0 Å². The van der Waals surface area contributed by atoms with Crippen molar-refractivity contribution < 1.29 is 51.6 Å². The van der Waals surface area contributed by atoms with Crippen molar-refractivity contribution in [2.45, 2.75) is 170 Å². The predicted octanol–water partition coefficient (Wildman–Crippen LogP) is 12.0. The van der Waals surface area contributed by atoms with Crippen LogP contribution in [0.4, 0.5) is 0 Å². The van der Waals surface area contributed by atoms with E-state index < -0.39 is 89.1 Å². The van der Waals surface area contributed by atoms with Gasteiger partial charge in [-0.25, -0.2) is 4.79 Å². The number of benzene rings is 4. The van der Waals surface area contributed by atoms with Gasteiger partial charge in [0, 0.05) is 16.7 Å². The molecule has 0 saturated carbocycles.